The summed E-state index contributed by atoms with van der Waals surface area (Å²) in [5.41, 5.74) is 4.62. The third kappa shape index (κ3) is 2.36. The van der Waals surface area contributed by atoms with E-state index in [9.17, 15) is 8.78 Å². The Balaban J connectivity index is 3.32. The van der Waals surface area contributed by atoms with E-state index < -0.39 is 12.5 Å². The van der Waals surface area contributed by atoms with Crippen LogP contribution in [-0.2, 0) is 5.92 Å². The van der Waals surface area contributed by atoms with Gasteiger partial charge < -0.3 is 15.2 Å². The summed E-state index contributed by atoms with van der Waals surface area (Å²) in [6.45, 7) is -0.817. The summed E-state index contributed by atoms with van der Waals surface area (Å²) in [6.07, 6.45) is 0. The summed E-state index contributed by atoms with van der Waals surface area (Å²) in [5, 5.41) is -0.104. The van der Waals surface area contributed by atoms with E-state index in [1.54, 1.807) is 0 Å². The topological polar surface area (TPSA) is 44.5 Å². The molecule has 0 saturated carbocycles. The molecular formula is C10H12ClF2NO2. The molecule has 0 amide bonds. The van der Waals surface area contributed by atoms with Crippen molar-refractivity contribution in [2.45, 2.75) is 5.92 Å². The first-order valence-electron chi connectivity index (χ1n) is 4.46. The van der Waals surface area contributed by atoms with Crippen molar-refractivity contribution in [3.8, 4) is 11.5 Å². The summed E-state index contributed by atoms with van der Waals surface area (Å²) < 4.78 is 36.6. The molecular weight excluding hydrogens is 240 g/mol. The van der Waals surface area contributed by atoms with Gasteiger partial charge >= 0.3 is 0 Å². The molecule has 6 heteroatoms. The van der Waals surface area contributed by atoms with Crippen LogP contribution >= 0.6 is 11.6 Å². The molecule has 0 aliphatic rings. The largest absolute Gasteiger partial charge is 0.493 e. The van der Waals surface area contributed by atoms with Gasteiger partial charge in [0.2, 0.25) is 0 Å². The quantitative estimate of drug-likeness (QED) is 0.894. The number of benzene rings is 1. The Labute approximate surface area is 97.1 Å². The number of rotatable bonds is 4. The lowest BCUT2D eigenvalue weighted by Crippen LogP contribution is -2.25. The van der Waals surface area contributed by atoms with Crippen molar-refractivity contribution in [3.63, 3.8) is 0 Å². The van der Waals surface area contributed by atoms with Crippen molar-refractivity contribution in [1.82, 2.24) is 0 Å². The van der Waals surface area contributed by atoms with Gasteiger partial charge in [0.15, 0.2) is 11.5 Å². The van der Waals surface area contributed by atoms with Crippen LogP contribution in [0.4, 0.5) is 8.78 Å². The van der Waals surface area contributed by atoms with Gasteiger partial charge in [0.25, 0.3) is 5.92 Å². The van der Waals surface area contributed by atoms with E-state index in [1.165, 1.54) is 20.3 Å². The van der Waals surface area contributed by atoms with Gasteiger partial charge in [-0.2, -0.15) is 8.78 Å². The Morgan fingerprint density at radius 2 is 1.75 bits per heavy atom. The zero-order valence-electron chi connectivity index (χ0n) is 8.89. The van der Waals surface area contributed by atoms with Crippen LogP contribution in [0.2, 0.25) is 5.02 Å². The normalized spacial score (nSPS) is 11.4. The lowest BCUT2D eigenvalue weighted by molar-refractivity contribution is 0.00582. The highest BCUT2D eigenvalue weighted by Gasteiger charge is 2.33. The van der Waals surface area contributed by atoms with E-state index in [1.807, 2.05) is 0 Å². The van der Waals surface area contributed by atoms with Crippen molar-refractivity contribution >= 4 is 11.6 Å². The Morgan fingerprint density at radius 1 is 1.25 bits per heavy atom. The molecule has 3 nitrogen and oxygen atoms in total. The molecule has 90 valence electrons. The number of alkyl halides is 2. The van der Waals surface area contributed by atoms with Crippen LogP contribution in [-0.4, -0.2) is 20.8 Å². The van der Waals surface area contributed by atoms with Crippen molar-refractivity contribution in [3.05, 3.63) is 22.7 Å². The van der Waals surface area contributed by atoms with Crippen LogP contribution < -0.4 is 15.2 Å². The standard InChI is InChI=1S/C10H12ClF2NO2/c1-15-8-3-6(10(12,13)5-14)7(11)4-9(8)16-2/h3-4H,5,14H2,1-2H3. The van der Waals surface area contributed by atoms with E-state index in [2.05, 4.69) is 0 Å². The second kappa shape index (κ2) is 4.84. The number of hydrogen-bond acceptors (Lipinski definition) is 3. The highest BCUT2D eigenvalue weighted by Crippen LogP contribution is 2.39. The second-order valence-corrected chi connectivity index (χ2v) is 3.50. The Kier molecular flexibility index (Phi) is 3.93. The van der Waals surface area contributed by atoms with Gasteiger partial charge in [-0.15, -0.1) is 0 Å². The fourth-order valence-electron chi connectivity index (χ4n) is 1.24. The number of hydrogen-bond donors (Lipinski definition) is 1. The minimum atomic E-state index is -3.18. The molecule has 0 aliphatic heterocycles. The molecule has 0 aliphatic carbocycles. The molecule has 0 saturated heterocycles. The van der Waals surface area contributed by atoms with Crippen LogP contribution in [0.25, 0.3) is 0 Å². The summed E-state index contributed by atoms with van der Waals surface area (Å²) in [6, 6.07) is 2.41. The predicted octanol–water partition coefficient (Wildman–Crippen LogP) is 2.41. The minimum Gasteiger partial charge on any atom is -0.493 e. The number of halogens is 3. The SMILES string of the molecule is COc1cc(Cl)c(C(F)(F)CN)cc1OC. The van der Waals surface area contributed by atoms with Gasteiger partial charge in [0, 0.05) is 11.6 Å². The van der Waals surface area contributed by atoms with Gasteiger partial charge in [-0.25, -0.2) is 0 Å². The molecule has 1 aromatic rings. The second-order valence-electron chi connectivity index (χ2n) is 3.10. The van der Waals surface area contributed by atoms with Gasteiger partial charge in [0.05, 0.1) is 25.8 Å². The maximum absolute atomic E-state index is 13.4. The van der Waals surface area contributed by atoms with E-state index in [4.69, 9.17) is 26.8 Å². The molecule has 1 rings (SSSR count). The molecule has 1 aromatic carbocycles. The predicted molar refractivity (Wildman–Crippen MR) is 57.5 cm³/mol. The zero-order chi connectivity index (χ0) is 12.3. The van der Waals surface area contributed by atoms with E-state index in [-0.39, 0.29) is 16.3 Å². The average Bonchev–Trinajstić information content (AvgIpc) is 2.28. The van der Waals surface area contributed by atoms with Crippen LogP contribution in [0.15, 0.2) is 12.1 Å². The molecule has 0 radical (unpaired) electrons. The first-order valence-corrected chi connectivity index (χ1v) is 4.84. The van der Waals surface area contributed by atoms with Gasteiger partial charge in [-0.3, -0.25) is 0 Å². The molecule has 0 heterocycles. The monoisotopic (exact) mass is 251 g/mol. The first-order chi connectivity index (χ1) is 7.46. The lowest BCUT2D eigenvalue weighted by atomic mass is 10.1. The minimum absolute atomic E-state index is 0.104. The van der Waals surface area contributed by atoms with E-state index in [0.29, 0.717) is 5.75 Å². The van der Waals surface area contributed by atoms with Gasteiger partial charge in [0.1, 0.15) is 0 Å². The van der Waals surface area contributed by atoms with Crippen LogP contribution in [0, 0.1) is 0 Å². The molecule has 2 N–H and O–H groups in total. The molecule has 0 fully saturated rings. The summed E-state index contributed by atoms with van der Waals surface area (Å²) in [7, 11) is 2.76. The maximum Gasteiger partial charge on any atom is 0.286 e. The fourth-order valence-corrected chi connectivity index (χ4v) is 1.54. The first kappa shape index (κ1) is 13.0. The van der Waals surface area contributed by atoms with Crippen molar-refractivity contribution in [2.24, 2.45) is 5.73 Å². The lowest BCUT2D eigenvalue weighted by Gasteiger charge is -2.18. The van der Waals surface area contributed by atoms with E-state index >= 15 is 0 Å². The summed E-state index contributed by atoms with van der Waals surface area (Å²) >= 11 is 5.73. The fraction of sp³-hybridized carbons (Fsp3) is 0.400. The Bertz CT molecular complexity index is 385. The van der Waals surface area contributed by atoms with Crippen molar-refractivity contribution in [2.75, 3.05) is 20.8 Å². The Hall–Kier alpha value is -1.07. The number of nitrogens with two attached hydrogens (primary N) is 1. The molecule has 0 unspecified atom stereocenters. The highest BCUT2D eigenvalue weighted by atomic mass is 35.5. The van der Waals surface area contributed by atoms with Gasteiger partial charge in [-0.1, -0.05) is 11.6 Å². The van der Waals surface area contributed by atoms with E-state index in [0.717, 1.165) is 6.07 Å². The smallest absolute Gasteiger partial charge is 0.286 e. The van der Waals surface area contributed by atoms with Crippen LogP contribution in [0.5, 0.6) is 11.5 Å². The number of methoxy groups -OCH3 is 2. The molecule has 16 heavy (non-hydrogen) atoms. The van der Waals surface area contributed by atoms with Crippen LogP contribution in [0.1, 0.15) is 5.56 Å². The maximum atomic E-state index is 13.4. The highest BCUT2D eigenvalue weighted by molar-refractivity contribution is 6.31. The van der Waals surface area contributed by atoms with Gasteiger partial charge in [-0.05, 0) is 6.07 Å². The summed E-state index contributed by atoms with van der Waals surface area (Å²) in [4.78, 5) is 0. The molecule has 0 aromatic heterocycles. The Morgan fingerprint density at radius 3 is 2.19 bits per heavy atom. The summed E-state index contributed by atoms with van der Waals surface area (Å²) in [5.74, 6) is -2.70. The zero-order valence-corrected chi connectivity index (χ0v) is 9.65. The number of ether oxygens (including phenoxy) is 2. The van der Waals surface area contributed by atoms with Crippen LogP contribution in [0.3, 0.4) is 0 Å². The van der Waals surface area contributed by atoms with Crippen molar-refractivity contribution < 1.29 is 18.3 Å². The molecule has 0 bridgehead atoms. The average molecular weight is 252 g/mol. The molecule has 0 atom stereocenters. The third-order valence-corrected chi connectivity index (χ3v) is 2.44. The molecule has 0 spiro atoms. The van der Waals surface area contributed by atoms with Crippen molar-refractivity contribution in [1.29, 1.82) is 0 Å². The third-order valence-electron chi connectivity index (χ3n) is 2.12.